The van der Waals surface area contributed by atoms with Gasteiger partial charge in [0.2, 0.25) is 0 Å². The highest BCUT2D eigenvalue weighted by Crippen LogP contribution is 2.27. The van der Waals surface area contributed by atoms with Gasteiger partial charge in [-0.1, -0.05) is 44.2 Å². The van der Waals surface area contributed by atoms with Crippen molar-refractivity contribution in [3.05, 3.63) is 70.8 Å². The van der Waals surface area contributed by atoms with Crippen LogP contribution in [0.1, 0.15) is 35.9 Å². The van der Waals surface area contributed by atoms with Crippen molar-refractivity contribution in [2.45, 2.75) is 32.1 Å². The molecule has 2 rings (SSSR count). The maximum atomic E-state index is 13.6. The van der Waals surface area contributed by atoms with Crippen molar-refractivity contribution in [1.29, 1.82) is 0 Å². The van der Waals surface area contributed by atoms with Crippen LogP contribution in [0.15, 0.2) is 42.5 Å². The summed E-state index contributed by atoms with van der Waals surface area (Å²) in [4.78, 5) is 0. The summed E-state index contributed by atoms with van der Waals surface area (Å²) in [6.45, 7) is 4.35. The molecule has 0 N–H and O–H groups in total. The molecule has 0 aliphatic rings. The summed E-state index contributed by atoms with van der Waals surface area (Å²) in [6.07, 6.45) is 1.37. The van der Waals surface area contributed by atoms with Gasteiger partial charge in [-0.15, -0.1) is 11.6 Å². The van der Waals surface area contributed by atoms with Gasteiger partial charge in [0.25, 0.3) is 0 Å². The molecule has 0 aromatic heterocycles. The summed E-state index contributed by atoms with van der Waals surface area (Å²) in [5.41, 5.74) is 2.65. The predicted octanol–water partition coefficient (Wildman–Crippen LogP) is 5.69. The van der Waals surface area contributed by atoms with E-state index >= 15 is 0 Å². The first kappa shape index (κ1) is 16.0. The van der Waals surface area contributed by atoms with E-state index < -0.39 is 11.6 Å². The van der Waals surface area contributed by atoms with Crippen molar-refractivity contribution < 1.29 is 8.78 Å². The molecular formula is C18H19ClF2. The van der Waals surface area contributed by atoms with Crippen LogP contribution >= 0.6 is 11.6 Å². The molecule has 0 fully saturated rings. The third-order valence-corrected chi connectivity index (χ3v) is 3.81. The number of rotatable bonds is 5. The van der Waals surface area contributed by atoms with E-state index in [0.29, 0.717) is 17.9 Å². The molecule has 0 bridgehead atoms. The Labute approximate surface area is 129 Å². The van der Waals surface area contributed by atoms with Gasteiger partial charge in [0.05, 0.1) is 5.38 Å². The summed E-state index contributed by atoms with van der Waals surface area (Å²) >= 11 is 6.35. The van der Waals surface area contributed by atoms with Gasteiger partial charge in [-0.2, -0.15) is 0 Å². The number of benzene rings is 2. The van der Waals surface area contributed by atoms with Crippen LogP contribution in [0, 0.1) is 17.6 Å². The van der Waals surface area contributed by atoms with Crippen LogP contribution in [0.2, 0.25) is 0 Å². The molecule has 0 aliphatic carbocycles. The Morgan fingerprint density at radius 2 is 1.62 bits per heavy atom. The largest absolute Gasteiger partial charge is 0.207 e. The zero-order valence-electron chi connectivity index (χ0n) is 12.2. The van der Waals surface area contributed by atoms with Gasteiger partial charge >= 0.3 is 0 Å². The summed E-state index contributed by atoms with van der Waals surface area (Å²) in [5, 5.41) is -0.321. The Kier molecular flexibility index (Phi) is 5.35. The molecule has 0 amide bonds. The Morgan fingerprint density at radius 1 is 0.952 bits per heavy atom. The van der Waals surface area contributed by atoms with Gasteiger partial charge < -0.3 is 0 Å². The molecular weight excluding hydrogens is 290 g/mol. The second kappa shape index (κ2) is 7.04. The van der Waals surface area contributed by atoms with Crippen molar-refractivity contribution in [3.8, 4) is 0 Å². The maximum absolute atomic E-state index is 13.6. The number of alkyl halides is 1. The number of halogens is 3. The minimum Gasteiger partial charge on any atom is -0.207 e. The molecule has 0 aliphatic heterocycles. The first-order chi connectivity index (χ1) is 9.95. The van der Waals surface area contributed by atoms with Crippen LogP contribution in [-0.4, -0.2) is 0 Å². The fourth-order valence-electron chi connectivity index (χ4n) is 2.33. The Bertz CT molecular complexity index is 591. The van der Waals surface area contributed by atoms with Crippen LogP contribution in [0.25, 0.3) is 0 Å². The zero-order valence-corrected chi connectivity index (χ0v) is 13.0. The van der Waals surface area contributed by atoms with Gasteiger partial charge in [-0.25, -0.2) is 8.78 Å². The molecule has 0 saturated heterocycles. The quantitative estimate of drug-likeness (QED) is 0.623. The molecule has 2 aromatic carbocycles. The minimum absolute atomic E-state index is 0.321. The highest BCUT2D eigenvalue weighted by atomic mass is 35.5. The van der Waals surface area contributed by atoms with Crippen molar-refractivity contribution in [2.75, 3.05) is 0 Å². The van der Waals surface area contributed by atoms with E-state index in [0.717, 1.165) is 18.1 Å². The normalized spacial score (nSPS) is 12.7. The molecule has 21 heavy (non-hydrogen) atoms. The van der Waals surface area contributed by atoms with Crippen molar-refractivity contribution in [1.82, 2.24) is 0 Å². The summed E-state index contributed by atoms with van der Waals surface area (Å²) in [5.74, 6) is -0.506. The van der Waals surface area contributed by atoms with Gasteiger partial charge in [0.1, 0.15) is 11.6 Å². The standard InChI is InChI=1S/C18H19ClF2/c1-12(2)9-13-3-5-14(6-4-13)17(19)10-15-7-8-16(20)11-18(15)21/h3-8,11-12,17H,9-10H2,1-2H3. The molecule has 0 nitrogen and oxygen atoms in total. The topological polar surface area (TPSA) is 0 Å². The zero-order chi connectivity index (χ0) is 15.4. The van der Waals surface area contributed by atoms with Crippen molar-refractivity contribution in [3.63, 3.8) is 0 Å². The second-order valence-electron chi connectivity index (χ2n) is 5.75. The molecule has 3 heteroatoms. The van der Waals surface area contributed by atoms with Crippen LogP contribution < -0.4 is 0 Å². The minimum atomic E-state index is -0.569. The van der Waals surface area contributed by atoms with Crippen molar-refractivity contribution >= 4 is 11.6 Å². The molecule has 0 spiro atoms. The van der Waals surface area contributed by atoms with Crippen molar-refractivity contribution in [2.24, 2.45) is 5.92 Å². The maximum Gasteiger partial charge on any atom is 0.129 e. The Balaban J connectivity index is 2.07. The van der Waals surface area contributed by atoms with E-state index in [1.165, 1.54) is 17.7 Å². The highest BCUT2D eigenvalue weighted by Gasteiger charge is 2.12. The van der Waals surface area contributed by atoms with Crippen LogP contribution in [0.5, 0.6) is 0 Å². The second-order valence-corrected chi connectivity index (χ2v) is 6.27. The fraction of sp³-hybridized carbons (Fsp3) is 0.333. The molecule has 1 unspecified atom stereocenters. The van der Waals surface area contributed by atoms with Gasteiger partial charge in [0, 0.05) is 6.07 Å². The third-order valence-electron chi connectivity index (χ3n) is 3.40. The summed E-state index contributed by atoms with van der Waals surface area (Å²) in [6, 6.07) is 11.7. The third kappa shape index (κ3) is 4.53. The lowest BCUT2D eigenvalue weighted by molar-refractivity contribution is 0.570. The highest BCUT2D eigenvalue weighted by molar-refractivity contribution is 6.20. The molecule has 0 saturated carbocycles. The lowest BCUT2D eigenvalue weighted by Crippen LogP contribution is -2.00. The van der Waals surface area contributed by atoms with Crippen LogP contribution in [0.4, 0.5) is 8.78 Å². The molecule has 2 aromatic rings. The molecule has 0 heterocycles. The SMILES string of the molecule is CC(C)Cc1ccc(C(Cl)Cc2ccc(F)cc2F)cc1. The van der Waals surface area contributed by atoms with E-state index in [2.05, 4.69) is 26.0 Å². The van der Waals surface area contributed by atoms with E-state index in [-0.39, 0.29) is 5.38 Å². The van der Waals surface area contributed by atoms with Crippen LogP contribution in [0.3, 0.4) is 0 Å². The molecule has 0 radical (unpaired) electrons. The lowest BCUT2D eigenvalue weighted by Gasteiger charge is -2.12. The monoisotopic (exact) mass is 308 g/mol. The Morgan fingerprint density at radius 3 is 2.19 bits per heavy atom. The average molecular weight is 309 g/mol. The number of hydrogen-bond acceptors (Lipinski definition) is 0. The lowest BCUT2D eigenvalue weighted by atomic mass is 9.99. The van der Waals surface area contributed by atoms with E-state index in [9.17, 15) is 8.78 Å². The van der Waals surface area contributed by atoms with E-state index in [1.807, 2.05) is 12.1 Å². The number of hydrogen-bond donors (Lipinski definition) is 0. The summed E-state index contributed by atoms with van der Waals surface area (Å²) in [7, 11) is 0. The fourth-order valence-corrected chi connectivity index (χ4v) is 2.64. The average Bonchev–Trinajstić information content (AvgIpc) is 2.42. The first-order valence-corrected chi connectivity index (χ1v) is 7.56. The predicted molar refractivity (Wildman–Crippen MR) is 83.6 cm³/mol. The van der Waals surface area contributed by atoms with Gasteiger partial charge in [0.15, 0.2) is 0 Å². The first-order valence-electron chi connectivity index (χ1n) is 7.12. The smallest absolute Gasteiger partial charge is 0.129 e. The van der Waals surface area contributed by atoms with Gasteiger partial charge in [-0.05, 0) is 41.5 Å². The molecule has 1 atom stereocenters. The Hall–Kier alpha value is -1.41. The van der Waals surface area contributed by atoms with E-state index in [1.54, 1.807) is 0 Å². The molecule has 112 valence electrons. The van der Waals surface area contributed by atoms with Gasteiger partial charge in [-0.3, -0.25) is 0 Å². The van der Waals surface area contributed by atoms with E-state index in [4.69, 9.17) is 11.6 Å². The van der Waals surface area contributed by atoms with Crippen LogP contribution in [-0.2, 0) is 12.8 Å². The summed E-state index contributed by atoms with van der Waals surface area (Å²) < 4.78 is 26.5.